The van der Waals surface area contributed by atoms with Crippen LogP contribution in [0.4, 0.5) is 0 Å². The van der Waals surface area contributed by atoms with Crippen molar-refractivity contribution in [3.05, 3.63) is 11.5 Å². The predicted molar refractivity (Wildman–Crippen MR) is 65.9 cm³/mol. The molecule has 0 bridgehead atoms. The van der Waals surface area contributed by atoms with Gasteiger partial charge < -0.3 is 0 Å². The van der Waals surface area contributed by atoms with Crippen LogP contribution in [0.3, 0.4) is 0 Å². The normalized spacial score (nSPS) is 15.6. The molecule has 0 atom stereocenters. The van der Waals surface area contributed by atoms with Crippen LogP contribution in [0.2, 0.25) is 0 Å². The summed E-state index contributed by atoms with van der Waals surface area (Å²) in [4.78, 5) is 10.7. The van der Waals surface area contributed by atoms with Gasteiger partial charge in [-0.25, -0.2) is 9.79 Å². The van der Waals surface area contributed by atoms with E-state index < -0.39 is 0 Å². The standard InChI is InChI=1S/C11H20N2O2S/c14-11(12-15)7-4-2-1-3-5-8-13-9-6-10-16-13/h6,10,15H,1-5,7-9H2,(H,12,14). The molecule has 92 valence electrons. The van der Waals surface area contributed by atoms with E-state index in [0.29, 0.717) is 6.42 Å². The number of hydrogen-bond acceptors (Lipinski definition) is 4. The molecule has 0 fully saturated rings. The minimum Gasteiger partial charge on any atom is -0.289 e. The summed E-state index contributed by atoms with van der Waals surface area (Å²) in [7, 11) is 0. The number of carbonyl (C=O) groups is 1. The Morgan fingerprint density at radius 3 is 2.75 bits per heavy atom. The van der Waals surface area contributed by atoms with E-state index in [0.717, 1.165) is 25.9 Å². The minimum absolute atomic E-state index is 0.278. The average Bonchev–Trinajstić information content (AvgIpc) is 2.80. The Bertz CT molecular complexity index is 226. The molecular formula is C11H20N2O2S. The number of nitrogens with one attached hydrogen (secondary N) is 1. The van der Waals surface area contributed by atoms with Gasteiger partial charge in [0.15, 0.2) is 0 Å². The van der Waals surface area contributed by atoms with Gasteiger partial charge in [0, 0.05) is 19.5 Å². The van der Waals surface area contributed by atoms with Crippen LogP contribution >= 0.6 is 11.9 Å². The van der Waals surface area contributed by atoms with Crippen molar-refractivity contribution in [3.8, 4) is 0 Å². The lowest BCUT2D eigenvalue weighted by Crippen LogP contribution is -2.17. The molecular weight excluding hydrogens is 224 g/mol. The summed E-state index contributed by atoms with van der Waals surface area (Å²) in [5.74, 6) is -0.278. The Balaban J connectivity index is 1.79. The fourth-order valence-corrected chi connectivity index (χ4v) is 2.39. The smallest absolute Gasteiger partial charge is 0.243 e. The second kappa shape index (κ2) is 8.61. The molecule has 1 heterocycles. The first-order valence-corrected chi connectivity index (χ1v) is 6.66. The van der Waals surface area contributed by atoms with Gasteiger partial charge in [0.05, 0.1) is 0 Å². The Morgan fingerprint density at radius 1 is 1.31 bits per heavy atom. The van der Waals surface area contributed by atoms with Gasteiger partial charge in [-0.3, -0.25) is 10.0 Å². The topological polar surface area (TPSA) is 52.6 Å². The predicted octanol–water partition coefficient (Wildman–Crippen LogP) is 2.31. The van der Waals surface area contributed by atoms with E-state index in [9.17, 15) is 4.79 Å². The zero-order valence-corrected chi connectivity index (χ0v) is 10.3. The van der Waals surface area contributed by atoms with Gasteiger partial charge in [-0.2, -0.15) is 0 Å². The Labute approximate surface area is 101 Å². The number of rotatable bonds is 8. The third-order valence-electron chi connectivity index (χ3n) is 2.55. The largest absolute Gasteiger partial charge is 0.289 e. The molecule has 0 spiro atoms. The molecule has 0 aromatic carbocycles. The highest BCUT2D eigenvalue weighted by Gasteiger charge is 2.05. The first-order chi connectivity index (χ1) is 7.83. The van der Waals surface area contributed by atoms with Crippen molar-refractivity contribution in [3.63, 3.8) is 0 Å². The number of hydrogen-bond donors (Lipinski definition) is 2. The third kappa shape index (κ3) is 6.15. The highest BCUT2D eigenvalue weighted by atomic mass is 32.2. The zero-order chi connectivity index (χ0) is 11.6. The van der Waals surface area contributed by atoms with E-state index >= 15 is 0 Å². The number of amides is 1. The lowest BCUT2D eigenvalue weighted by atomic mass is 10.1. The lowest BCUT2D eigenvalue weighted by molar-refractivity contribution is -0.129. The molecule has 0 saturated heterocycles. The first-order valence-electron chi connectivity index (χ1n) is 5.82. The molecule has 1 amide bonds. The number of hydroxylamine groups is 1. The molecule has 5 heteroatoms. The van der Waals surface area contributed by atoms with Crippen molar-refractivity contribution in [2.24, 2.45) is 0 Å². The van der Waals surface area contributed by atoms with Crippen LogP contribution in [0.5, 0.6) is 0 Å². The minimum atomic E-state index is -0.278. The highest BCUT2D eigenvalue weighted by Crippen LogP contribution is 2.18. The number of unbranched alkanes of at least 4 members (excludes halogenated alkanes) is 4. The first kappa shape index (κ1) is 13.5. The third-order valence-corrected chi connectivity index (χ3v) is 3.50. The molecule has 0 saturated carbocycles. The lowest BCUT2D eigenvalue weighted by Gasteiger charge is -2.12. The van der Waals surface area contributed by atoms with Gasteiger partial charge in [-0.15, -0.1) is 0 Å². The van der Waals surface area contributed by atoms with Crippen molar-refractivity contribution in [1.82, 2.24) is 9.79 Å². The van der Waals surface area contributed by atoms with E-state index in [1.807, 2.05) is 0 Å². The molecule has 0 aromatic rings. The van der Waals surface area contributed by atoms with Crippen LogP contribution in [0.25, 0.3) is 0 Å². The summed E-state index contributed by atoms with van der Waals surface area (Å²) in [5, 5.41) is 10.4. The summed E-state index contributed by atoms with van der Waals surface area (Å²) < 4.78 is 2.35. The summed E-state index contributed by atoms with van der Waals surface area (Å²) >= 11 is 1.79. The summed E-state index contributed by atoms with van der Waals surface area (Å²) in [6, 6.07) is 0. The van der Waals surface area contributed by atoms with Crippen molar-refractivity contribution in [1.29, 1.82) is 0 Å². The van der Waals surface area contributed by atoms with E-state index in [-0.39, 0.29) is 5.91 Å². The molecule has 0 unspecified atom stereocenters. The SMILES string of the molecule is O=C(CCCCCCCN1CC=CS1)NO. The summed E-state index contributed by atoms with van der Waals surface area (Å²) in [6.45, 7) is 2.22. The van der Waals surface area contributed by atoms with Gasteiger partial charge in [-0.05, 0) is 18.2 Å². The van der Waals surface area contributed by atoms with Crippen LogP contribution in [-0.2, 0) is 4.79 Å². The number of carbonyl (C=O) groups excluding carboxylic acids is 1. The van der Waals surface area contributed by atoms with Crippen molar-refractivity contribution in [2.75, 3.05) is 13.1 Å². The Kier molecular flexibility index (Phi) is 7.29. The molecule has 1 aliphatic heterocycles. The number of nitrogens with zero attached hydrogens (tertiary/aromatic N) is 1. The summed E-state index contributed by atoms with van der Waals surface area (Å²) in [6.07, 6.45) is 8.16. The van der Waals surface area contributed by atoms with Crippen molar-refractivity contribution >= 4 is 17.9 Å². The van der Waals surface area contributed by atoms with Crippen LogP contribution < -0.4 is 5.48 Å². The molecule has 0 aromatic heterocycles. The van der Waals surface area contributed by atoms with Gasteiger partial charge in [0.2, 0.25) is 5.91 Å². The molecule has 1 rings (SSSR count). The van der Waals surface area contributed by atoms with E-state index in [2.05, 4.69) is 15.8 Å². The Morgan fingerprint density at radius 2 is 2.06 bits per heavy atom. The fraction of sp³-hybridized carbons (Fsp3) is 0.727. The average molecular weight is 244 g/mol. The maximum absolute atomic E-state index is 10.7. The van der Waals surface area contributed by atoms with Gasteiger partial charge >= 0.3 is 0 Å². The van der Waals surface area contributed by atoms with Gasteiger partial charge in [0.1, 0.15) is 0 Å². The van der Waals surface area contributed by atoms with Crippen molar-refractivity contribution < 1.29 is 10.0 Å². The monoisotopic (exact) mass is 244 g/mol. The van der Waals surface area contributed by atoms with Crippen LogP contribution in [0, 0.1) is 0 Å². The maximum atomic E-state index is 10.7. The molecule has 1 aliphatic rings. The molecule has 4 nitrogen and oxygen atoms in total. The van der Waals surface area contributed by atoms with Crippen molar-refractivity contribution in [2.45, 2.75) is 38.5 Å². The molecule has 16 heavy (non-hydrogen) atoms. The maximum Gasteiger partial charge on any atom is 0.243 e. The van der Waals surface area contributed by atoms with Crippen LogP contribution in [0.1, 0.15) is 38.5 Å². The van der Waals surface area contributed by atoms with E-state index in [1.165, 1.54) is 19.3 Å². The molecule has 0 aliphatic carbocycles. The van der Waals surface area contributed by atoms with Gasteiger partial charge in [-0.1, -0.05) is 37.3 Å². The van der Waals surface area contributed by atoms with Gasteiger partial charge in [0.25, 0.3) is 0 Å². The Hall–Kier alpha value is -0.520. The summed E-state index contributed by atoms with van der Waals surface area (Å²) in [5.41, 5.74) is 1.65. The zero-order valence-electron chi connectivity index (χ0n) is 9.52. The van der Waals surface area contributed by atoms with E-state index in [1.54, 1.807) is 17.4 Å². The van der Waals surface area contributed by atoms with E-state index in [4.69, 9.17) is 5.21 Å². The molecule has 2 N–H and O–H groups in total. The molecule has 0 radical (unpaired) electrons. The van der Waals surface area contributed by atoms with Crippen LogP contribution in [0.15, 0.2) is 11.5 Å². The fourth-order valence-electron chi connectivity index (χ4n) is 1.64. The second-order valence-electron chi connectivity index (χ2n) is 3.92. The second-order valence-corrected chi connectivity index (χ2v) is 4.92. The quantitative estimate of drug-likeness (QED) is 0.298. The highest BCUT2D eigenvalue weighted by molar-refractivity contribution is 8.00. The van der Waals surface area contributed by atoms with Crippen LogP contribution in [-0.4, -0.2) is 28.5 Å².